The minimum absolute atomic E-state index is 0.147. The predicted molar refractivity (Wildman–Crippen MR) is 112 cm³/mol. The van der Waals surface area contributed by atoms with Crippen molar-refractivity contribution in [2.24, 2.45) is 0 Å². The van der Waals surface area contributed by atoms with Crippen LogP contribution in [0.15, 0.2) is 54.7 Å². The van der Waals surface area contributed by atoms with Crippen molar-refractivity contribution < 1.29 is 9.53 Å². The third kappa shape index (κ3) is 3.71. The van der Waals surface area contributed by atoms with Gasteiger partial charge in [0.1, 0.15) is 11.3 Å². The summed E-state index contributed by atoms with van der Waals surface area (Å²) < 4.78 is 5.87. The molecule has 1 aromatic heterocycles. The fourth-order valence-corrected chi connectivity index (χ4v) is 3.69. The van der Waals surface area contributed by atoms with Gasteiger partial charge < -0.3 is 9.64 Å². The molecule has 0 fully saturated rings. The second-order valence-corrected chi connectivity index (χ2v) is 7.57. The van der Waals surface area contributed by atoms with Crippen molar-refractivity contribution in [3.63, 3.8) is 0 Å². The van der Waals surface area contributed by atoms with Crippen LogP contribution in [0.1, 0.15) is 27.9 Å². The van der Waals surface area contributed by atoms with Gasteiger partial charge in [-0.25, -0.2) is 4.98 Å². The lowest BCUT2D eigenvalue weighted by molar-refractivity contribution is 0.0982. The molecule has 142 valence electrons. The minimum Gasteiger partial charge on any atom is -0.437 e. The number of hydrogen-bond acceptors (Lipinski definition) is 3. The molecule has 1 aliphatic heterocycles. The van der Waals surface area contributed by atoms with Crippen molar-refractivity contribution in [2.75, 3.05) is 11.4 Å². The van der Waals surface area contributed by atoms with Gasteiger partial charge in [-0.05, 0) is 55.7 Å². The van der Waals surface area contributed by atoms with Crippen LogP contribution in [0.25, 0.3) is 0 Å². The molecule has 6 heteroatoms. The Bertz CT molecular complexity index is 1050. The number of benzene rings is 2. The molecule has 0 N–H and O–H groups in total. The SMILES string of the molecule is Cc1ccc2c(c1)CCCN2C(=O)c1cccnc1Oc1cc(Cl)ccc1Cl. The first-order valence-electron chi connectivity index (χ1n) is 9.02. The highest BCUT2D eigenvalue weighted by Gasteiger charge is 2.26. The Morgan fingerprint density at radius 2 is 2.00 bits per heavy atom. The summed E-state index contributed by atoms with van der Waals surface area (Å²) in [6, 6.07) is 14.5. The number of carbonyl (C=O) groups excluding carboxylic acids is 1. The number of halogens is 2. The van der Waals surface area contributed by atoms with E-state index in [1.54, 1.807) is 41.4 Å². The van der Waals surface area contributed by atoms with Crippen molar-refractivity contribution in [1.82, 2.24) is 4.98 Å². The molecule has 0 unspecified atom stereocenters. The summed E-state index contributed by atoms with van der Waals surface area (Å²) in [5.41, 5.74) is 3.70. The van der Waals surface area contributed by atoms with Crippen LogP contribution in [0.3, 0.4) is 0 Å². The molecule has 2 heterocycles. The molecule has 1 aliphatic rings. The Kier molecular flexibility index (Phi) is 5.25. The lowest BCUT2D eigenvalue weighted by Gasteiger charge is -2.30. The molecule has 0 spiro atoms. The van der Waals surface area contributed by atoms with Gasteiger partial charge in [0.05, 0.1) is 5.02 Å². The smallest absolute Gasteiger partial charge is 0.263 e. The van der Waals surface area contributed by atoms with E-state index in [0.717, 1.165) is 18.5 Å². The summed E-state index contributed by atoms with van der Waals surface area (Å²) in [5, 5.41) is 0.885. The molecule has 0 radical (unpaired) electrons. The summed E-state index contributed by atoms with van der Waals surface area (Å²) >= 11 is 12.2. The van der Waals surface area contributed by atoms with E-state index in [1.807, 2.05) is 12.1 Å². The van der Waals surface area contributed by atoms with Gasteiger partial charge in [-0.15, -0.1) is 0 Å². The quantitative estimate of drug-likeness (QED) is 0.523. The highest BCUT2D eigenvalue weighted by molar-refractivity contribution is 6.34. The molecule has 4 nitrogen and oxygen atoms in total. The molecule has 1 amide bonds. The fraction of sp³-hybridized carbons (Fsp3) is 0.182. The maximum absolute atomic E-state index is 13.4. The van der Waals surface area contributed by atoms with Gasteiger partial charge in [0.15, 0.2) is 0 Å². The highest BCUT2D eigenvalue weighted by Crippen LogP contribution is 2.34. The molecule has 0 saturated heterocycles. The van der Waals surface area contributed by atoms with E-state index in [2.05, 4.69) is 18.0 Å². The largest absolute Gasteiger partial charge is 0.437 e. The number of carbonyl (C=O) groups is 1. The molecule has 2 aromatic carbocycles. The topological polar surface area (TPSA) is 42.4 Å². The zero-order valence-corrected chi connectivity index (χ0v) is 16.8. The highest BCUT2D eigenvalue weighted by atomic mass is 35.5. The van der Waals surface area contributed by atoms with E-state index >= 15 is 0 Å². The number of fused-ring (bicyclic) bond motifs is 1. The lowest BCUT2D eigenvalue weighted by atomic mass is 9.99. The van der Waals surface area contributed by atoms with E-state index in [1.165, 1.54) is 11.1 Å². The van der Waals surface area contributed by atoms with Gasteiger partial charge in [0.2, 0.25) is 5.88 Å². The van der Waals surface area contributed by atoms with Crippen LogP contribution >= 0.6 is 23.2 Å². The van der Waals surface area contributed by atoms with E-state index in [-0.39, 0.29) is 11.8 Å². The number of amides is 1. The molecule has 0 aliphatic carbocycles. The van der Waals surface area contributed by atoms with E-state index < -0.39 is 0 Å². The summed E-state index contributed by atoms with van der Waals surface area (Å²) in [4.78, 5) is 19.4. The molecule has 4 rings (SSSR count). The van der Waals surface area contributed by atoms with Crippen molar-refractivity contribution in [3.05, 3.63) is 81.5 Å². The van der Waals surface area contributed by atoms with E-state index in [0.29, 0.717) is 27.9 Å². The molecule has 0 atom stereocenters. The van der Waals surface area contributed by atoms with Crippen LogP contribution in [-0.4, -0.2) is 17.4 Å². The van der Waals surface area contributed by atoms with E-state index in [4.69, 9.17) is 27.9 Å². The predicted octanol–water partition coefficient (Wildman–Crippen LogP) is 6.08. The zero-order chi connectivity index (χ0) is 19.7. The number of hydrogen-bond donors (Lipinski definition) is 0. The Morgan fingerprint density at radius 3 is 2.86 bits per heavy atom. The monoisotopic (exact) mass is 412 g/mol. The van der Waals surface area contributed by atoms with E-state index in [9.17, 15) is 4.79 Å². The molecular formula is C22H18Cl2N2O2. The summed E-state index contributed by atoms with van der Waals surface area (Å²) in [6.07, 6.45) is 3.46. The first kappa shape index (κ1) is 18.8. The van der Waals surface area contributed by atoms with Crippen LogP contribution in [0.2, 0.25) is 10.0 Å². The van der Waals surface area contributed by atoms with Crippen LogP contribution in [0.4, 0.5) is 5.69 Å². The van der Waals surface area contributed by atoms with Crippen LogP contribution in [0.5, 0.6) is 11.6 Å². The average Bonchev–Trinajstić information content (AvgIpc) is 2.70. The number of pyridine rings is 1. The van der Waals surface area contributed by atoms with Gasteiger partial charge in [-0.3, -0.25) is 4.79 Å². The second-order valence-electron chi connectivity index (χ2n) is 6.73. The van der Waals surface area contributed by atoms with Crippen molar-refractivity contribution in [1.29, 1.82) is 0 Å². The summed E-state index contributed by atoms with van der Waals surface area (Å²) in [7, 11) is 0. The fourth-order valence-electron chi connectivity index (χ4n) is 3.38. The summed E-state index contributed by atoms with van der Waals surface area (Å²) in [5.74, 6) is 0.415. The average molecular weight is 413 g/mol. The second kappa shape index (κ2) is 7.82. The Labute approximate surface area is 173 Å². The van der Waals surface area contributed by atoms with Gasteiger partial charge in [-0.1, -0.05) is 40.9 Å². The maximum atomic E-state index is 13.4. The normalized spacial score (nSPS) is 13.2. The molecular weight excluding hydrogens is 395 g/mol. The van der Waals surface area contributed by atoms with Crippen molar-refractivity contribution in [3.8, 4) is 11.6 Å². The van der Waals surface area contributed by atoms with Gasteiger partial charge in [0.25, 0.3) is 5.91 Å². The number of anilines is 1. The molecule has 0 saturated carbocycles. The standard InChI is InChI=1S/C22H18Cl2N2O2/c1-14-6-9-19-15(12-14)4-3-11-26(19)22(27)17-5-2-10-25-21(17)28-20-13-16(23)7-8-18(20)24/h2,5-10,12-13H,3-4,11H2,1H3. The van der Waals surface area contributed by atoms with Gasteiger partial charge in [-0.2, -0.15) is 0 Å². The molecule has 3 aromatic rings. The minimum atomic E-state index is -0.147. The van der Waals surface area contributed by atoms with Gasteiger partial charge >= 0.3 is 0 Å². The maximum Gasteiger partial charge on any atom is 0.263 e. The number of aromatic nitrogens is 1. The number of rotatable bonds is 3. The van der Waals surface area contributed by atoms with Crippen LogP contribution in [0, 0.1) is 6.92 Å². The number of ether oxygens (including phenoxy) is 1. The Balaban J connectivity index is 1.69. The first-order chi connectivity index (χ1) is 13.5. The third-order valence-corrected chi connectivity index (χ3v) is 5.25. The van der Waals surface area contributed by atoms with Gasteiger partial charge in [0, 0.05) is 29.5 Å². The van der Waals surface area contributed by atoms with Crippen LogP contribution in [-0.2, 0) is 6.42 Å². The lowest BCUT2D eigenvalue weighted by Crippen LogP contribution is -2.35. The third-order valence-electron chi connectivity index (χ3n) is 4.70. The Morgan fingerprint density at radius 1 is 1.14 bits per heavy atom. The zero-order valence-electron chi connectivity index (χ0n) is 15.3. The Hall–Kier alpha value is -2.56. The summed E-state index contributed by atoms with van der Waals surface area (Å²) in [6.45, 7) is 2.71. The van der Waals surface area contributed by atoms with Crippen LogP contribution < -0.4 is 9.64 Å². The first-order valence-corrected chi connectivity index (χ1v) is 9.78. The molecule has 0 bridgehead atoms. The number of aryl methyl sites for hydroxylation is 2. The molecule has 28 heavy (non-hydrogen) atoms. The number of nitrogens with zero attached hydrogens (tertiary/aromatic N) is 2. The van der Waals surface area contributed by atoms with Crippen molar-refractivity contribution >= 4 is 34.8 Å². The van der Waals surface area contributed by atoms with Crippen molar-refractivity contribution in [2.45, 2.75) is 19.8 Å².